The van der Waals surface area contributed by atoms with E-state index in [1.165, 1.54) is 13.8 Å². The van der Waals surface area contributed by atoms with Crippen LogP contribution < -0.4 is 4.72 Å². The second-order valence-corrected chi connectivity index (χ2v) is 6.30. The number of non-ortho nitro benzene ring substituents is 1. The van der Waals surface area contributed by atoms with Gasteiger partial charge in [-0.1, -0.05) is 17.5 Å². The normalized spacial score (nSPS) is 11.9. The van der Waals surface area contributed by atoms with Crippen LogP contribution in [0.2, 0.25) is 5.02 Å². The fourth-order valence-corrected chi connectivity index (χ4v) is 3.12. The van der Waals surface area contributed by atoms with Gasteiger partial charge in [-0.25, -0.2) is 8.42 Å². The number of nitro groups is 1. The predicted octanol–water partition coefficient (Wildman–Crippen LogP) is 1.94. The average molecular weight is 303 g/mol. The molecule has 0 fully saturated rings. The van der Waals surface area contributed by atoms with Crippen molar-refractivity contribution in [3.8, 4) is 12.3 Å². The molecule has 0 heterocycles. The Balaban J connectivity index is 3.24. The summed E-state index contributed by atoms with van der Waals surface area (Å²) in [7, 11) is -3.95. The molecule has 1 rings (SSSR count). The fraction of sp³-hybridized carbons (Fsp3) is 0.273. The van der Waals surface area contributed by atoms with Crippen molar-refractivity contribution in [1.29, 1.82) is 0 Å². The first-order chi connectivity index (χ1) is 8.59. The zero-order chi connectivity index (χ0) is 14.8. The number of benzene rings is 1. The molecule has 1 aromatic rings. The van der Waals surface area contributed by atoms with E-state index >= 15 is 0 Å². The van der Waals surface area contributed by atoms with Gasteiger partial charge in [0.25, 0.3) is 5.69 Å². The highest BCUT2D eigenvalue weighted by atomic mass is 35.5. The molecule has 0 aliphatic carbocycles. The van der Waals surface area contributed by atoms with Crippen molar-refractivity contribution in [1.82, 2.24) is 4.72 Å². The van der Waals surface area contributed by atoms with Gasteiger partial charge in [0, 0.05) is 12.1 Å². The molecular formula is C11H11ClN2O4S. The third-order valence-electron chi connectivity index (χ3n) is 2.17. The van der Waals surface area contributed by atoms with Crippen molar-refractivity contribution in [3.63, 3.8) is 0 Å². The maximum absolute atomic E-state index is 12.0. The average Bonchev–Trinajstić information content (AvgIpc) is 2.27. The molecule has 0 radical (unpaired) electrons. The molecule has 0 aliphatic rings. The lowest BCUT2D eigenvalue weighted by Gasteiger charge is -2.19. The fourth-order valence-electron chi connectivity index (χ4n) is 1.24. The summed E-state index contributed by atoms with van der Waals surface area (Å²) in [5.74, 6) is 2.27. The Hall–Kier alpha value is -1.62. The SMILES string of the molecule is C#CC(C)(C)NS(=O)(=O)c1ccc([N+](=O)[O-])cc1Cl. The lowest BCUT2D eigenvalue weighted by atomic mass is 10.1. The van der Waals surface area contributed by atoms with E-state index in [0.717, 1.165) is 18.2 Å². The minimum absolute atomic E-state index is 0.241. The molecule has 102 valence electrons. The van der Waals surface area contributed by atoms with Crippen LogP contribution >= 0.6 is 11.6 Å². The van der Waals surface area contributed by atoms with E-state index in [4.69, 9.17) is 18.0 Å². The molecule has 0 saturated heterocycles. The van der Waals surface area contributed by atoms with Gasteiger partial charge in [-0.3, -0.25) is 10.1 Å². The third-order valence-corrected chi connectivity index (χ3v) is 4.30. The maximum atomic E-state index is 12.0. The highest BCUT2D eigenvalue weighted by molar-refractivity contribution is 7.89. The van der Waals surface area contributed by atoms with Gasteiger partial charge in [0.2, 0.25) is 10.0 Å². The summed E-state index contributed by atoms with van der Waals surface area (Å²) in [6.07, 6.45) is 5.19. The smallest absolute Gasteiger partial charge is 0.258 e. The Morgan fingerprint density at radius 1 is 1.47 bits per heavy atom. The zero-order valence-electron chi connectivity index (χ0n) is 10.2. The summed E-state index contributed by atoms with van der Waals surface area (Å²) in [5.41, 5.74) is -1.38. The molecule has 19 heavy (non-hydrogen) atoms. The predicted molar refractivity (Wildman–Crippen MR) is 71.3 cm³/mol. The molecule has 0 aliphatic heterocycles. The number of nitro benzene ring substituents is 1. The molecule has 8 heteroatoms. The number of sulfonamides is 1. The van der Waals surface area contributed by atoms with Crippen LogP contribution in [-0.4, -0.2) is 18.9 Å². The van der Waals surface area contributed by atoms with Gasteiger partial charge in [0.05, 0.1) is 15.5 Å². The van der Waals surface area contributed by atoms with Crippen molar-refractivity contribution in [2.75, 3.05) is 0 Å². The Bertz CT molecular complexity index is 662. The van der Waals surface area contributed by atoms with Crippen LogP contribution in [0.4, 0.5) is 5.69 Å². The molecule has 1 N–H and O–H groups in total. The van der Waals surface area contributed by atoms with Crippen molar-refractivity contribution >= 4 is 27.3 Å². The molecule has 0 aromatic heterocycles. The minimum Gasteiger partial charge on any atom is -0.258 e. The number of rotatable bonds is 4. The van der Waals surface area contributed by atoms with Crippen LogP contribution in [0.15, 0.2) is 23.1 Å². The highest BCUT2D eigenvalue weighted by Gasteiger charge is 2.27. The lowest BCUT2D eigenvalue weighted by molar-refractivity contribution is -0.384. The number of hydrogen-bond donors (Lipinski definition) is 1. The zero-order valence-corrected chi connectivity index (χ0v) is 11.7. The first-order valence-corrected chi connectivity index (χ1v) is 6.91. The lowest BCUT2D eigenvalue weighted by Crippen LogP contribution is -2.42. The number of terminal acetylenes is 1. The molecule has 1 aromatic carbocycles. The van der Waals surface area contributed by atoms with Gasteiger partial charge in [-0.15, -0.1) is 6.42 Å². The van der Waals surface area contributed by atoms with E-state index in [1.54, 1.807) is 0 Å². The van der Waals surface area contributed by atoms with Crippen LogP contribution in [0.5, 0.6) is 0 Å². The van der Waals surface area contributed by atoms with Crippen molar-refractivity contribution in [3.05, 3.63) is 33.3 Å². The Labute approximate surface area is 116 Å². The van der Waals surface area contributed by atoms with Crippen LogP contribution in [0.1, 0.15) is 13.8 Å². The summed E-state index contributed by atoms with van der Waals surface area (Å²) >= 11 is 5.75. The van der Waals surface area contributed by atoms with E-state index in [1.807, 2.05) is 0 Å². The van der Waals surface area contributed by atoms with Crippen molar-refractivity contribution in [2.24, 2.45) is 0 Å². The number of nitrogens with one attached hydrogen (secondary N) is 1. The van der Waals surface area contributed by atoms with E-state index in [9.17, 15) is 18.5 Å². The van der Waals surface area contributed by atoms with E-state index in [-0.39, 0.29) is 15.6 Å². The molecule has 0 amide bonds. The third kappa shape index (κ3) is 3.67. The standard InChI is InChI=1S/C11H11ClN2O4S/c1-4-11(2,3)13-19(17,18)10-6-5-8(14(15)16)7-9(10)12/h1,5-7,13H,2-3H3. The highest BCUT2D eigenvalue weighted by Crippen LogP contribution is 2.26. The van der Waals surface area contributed by atoms with E-state index in [0.29, 0.717) is 0 Å². The van der Waals surface area contributed by atoms with Gasteiger partial charge in [-0.2, -0.15) is 4.72 Å². The van der Waals surface area contributed by atoms with Gasteiger partial charge in [-0.05, 0) is 19.9 Å². The van der Waals surface area contributed by atoms with E-state index in [2.05, 4.69) is 10.6 Å². The van der Waals surface area contributed by atoms with Gasteiger partial charge in [0.1, 0.15) is 4.90 Å². The number of nitrogens with zero attached hydrogens (tertiary/aromatic N) is 1. The van der Waals surface area contributed by atoms with Gasteiger partial charge >= 0.3 is 0 Å². The Kier molecular flexibility index (Phi) is 4.20. The molecule has 6 nitrogen and oxygen atoms in total. The summed E-state index contributed by atoms with van der Waals surface area (Å²) in [6.45, 7) is 3.01. The molecular weight excluding hydrogens is 292 g/mol. The van der Waals surface area contributed by atoms with Crippen LogP contribution in [-0.2, 0) is 10.0 Å². The molecule has 0 saturated carbocycles. The monoisotopic (exact) mass is 302 g/mol. The first kappa shape index (κ1) is 15.4. The quantitative estimate of drug-likeness (QED) is 0.523. The largest absolute Gasteiger partial charge is 0.271 e. The second kappa shape index (κ2) is 5.17. The maximum Gasteiger partial charge on any atom is 0.271 e. The van der Waals surface area contributed by atoms with Crippen LogP contribution in [0, 0.1) is 22.5 Å². The molecule has 0 unspecified atom stereocenters. The number of hydrogen-bond acceptors (Lipinski definition) is 4. The summed E-state index contributed by atoms with van der Waals surface area (Å²) in [6, 6.07) is 3.09. The number of halogens is 1. The van der Waals surface area contributed by atoms with Crippen molar-refractivity contribution < 1.29 is 13.3 Å². The first-order valence-electron chi connectivity index (χ1n) is 5.05. The summed E-state index contributed by atoms with van der Waals surface area (Å²) in [4.78, 5) is 9.62. The Morgan fingerprint density at radius 2 is 2.05 bits per heavy atom. The molecule has 0 bridgehead atoms. The summed E-state index contributed by atoms with van der Waals surface area (Å²) in [5, 5.41) is 10.3. The second-order valence-electron chi connectivity index (χ2n) is 4.25. The van der Waals surface area contributed by atoms with Crippen molar-refractivity contribution in [2.45, 2.75) is 24.3 Å². The summed E-state index contributed by atoms with van der Waals surface area (Å²) < 4.78 is 26.4. The van der Waals surface area contributed by atoms with Crippen LogP contribution in [0.3, 0.4) is 0 Å². The van der Waals surface area contributed by atoms with Gasteiger partial charge < -0.3 is 0 Å². The molecule has 0 atom stereocenters. The Morgan fingerprint density at radius 3 is 2.47 bits per heavy atom. The van der Waals surface area contributed by atoms with Gasteiger partial charge in [0.15, 0.2) is 0 Å². The van der Waals surface area contributed by atoms with Crippen LogP contribution in [0.25, 0.3) is 0 Å². The van der Waals surface area contributed by atoms with E-state index < -0.39 is 20.5 Å². The minimum atomic E-state index is -3.95. The molecule has 0 spiro atoms. The topological polar surface area (TPSA) is 89.3 Å².